The molecule has 28 heavy (non-hydrogen) atoms. The number of ether oxygens (including phenoxy) is 1. The zero-order chi connectivity index (χ0) is 20.2. The molecule has 1 aromatic heterocycles. The Bertz CT molecular complexity index is 772. The van der Waals surface area contributed by atoms with Crippen molar-refractivity contribution in [3.05, 3.63) is 16.5 Å². The number of amides is 1. The highest BCUT2D eigenvalue weighted by Crippen LogP contribution is 2.34. The van der Waals surface area contributed by atoms with Gasteiger partial charge in [-0.3, -0.25) is 9.69 Å². The van der Waals surface area contributed by atoms with Gasteiger partial charge in [-0.25, -0.2) is 8.42 Å². The van der Waals surface area contributed by atoms with E-state index in [1.165, 1.54) is 19.5 Å². The van der Waals surface area contributed by atoms with E-state index in [1.54, 1.807) is 6.07 Å². The van der Waals surface area contributed by atoms with E-state index in [0.29, 0.717) is 10.9 Å². The molecule has 0 radical (unpaired) electrons. The summed E-state index contributed by atoms with van der Waals surface area (Å²) in [7, 11) is -2.29. The van der Waals surface area contributed by atoms with E-state index in [2.05, 4.69) is 10.2 Å². The lowest BCUT2D eigenvalue weighted by Gasteiger charge is -2.48. The van der Waals surface area contributed by atoms with Crippen LogP contribution in [0.4, 0.5) is 0 Å². The van der Waals surface area contributed by atoms with Crippen molar-refractivity contribution in [2.75, 3.05) is 46.4 Å². The molecule has 158 valence electrons. The molecular weight excluding hydrogens is 422 g/mol. The summed E-state index contributed by atoms with van der Waals surface area (Å²) < 4.78 is 32.3. The molecule has 1 aliphatic carbocycles. The van der Waals surface area contributed by atoms with Crippen molar-refractivity contribution < 1.29 is 17.9 Å². The number of likely N-dealkylation sites (N-methyl/N-ethyl adjacent to an activating group) is 1. The van der Waals surface area contributed by atoms with Crippen molar-refractivity contribution in [2.45, 2.75) is 41.9 Å². The zero-order valence-corrected chi connectivity index (χ0v) is 18.5. The molecule has 10 heteroatoms. The van der Waals surface area contributed by atoms with Gasteiger partial charge in [0.1, 0.15) is 4.21 Å². The van der Waals surface area contributed by atoms with Gasteiger partial charge >= 0.3 is 0 Å². The minimum absolute atomic E-state index is 0.0452. The van der Waals surface area contributed by atoms with Crippen molar-refractivity contribution in [3.8, 4) is 0 Å². The molecule has 2 heterocycles. The van der Waals surface area contributed by atoms with Crippen molar-refractivity contribution in [2.24, 2.45) is 0 Å². The lowest BCUT2D eigenvalue weighted by molar-refractivity contribution is -0.122. The first-order chi connectivity index (χ1) is 13.3. The monoisotopic (exact) mass is 449 g/mol. The molecule has 0 aromatic carbocycles. The first-order valence-corrected chi connectivity index (χ1v) is 12.3. The molecule has 0 atom stereocenters. The number of carbonyl (C=O) groups is 1. The second kappa shape index (κ2) is 9.40. The predicted molar refractivity (Wildman–Crippen MR) is 110 cm³/mol. The number of rotatable bonds is 7. The number of hydrogen-bond acceptors (Lipinski definition) is 6. The topological polar surface area (TPSA) is 79.0 Å². The van der Waals surface area contributed by atoms with Crippen LogP contribution in [0, 0.1) is 0 Å². The molecule has 1 aliphatic heterocycles. The Morgan fingerprint density at radius 2 is 1.96 bits per heavy atom. The Kier molecular flexibility index (Phi) is 7.38. The number of nitrogens with one attached hydrogen (secondary N) is 1. The maximum atomic E-state index is 12.6. The highest BCUT2D eigenvalue weighted by atomic mass is 35.5. The third-order valence-corrected chi connectivity index (χ3v) is 9.16. The van der Waals surface area contributed by atoms with Crippen LogP contribution in [0.25, 0.3) is 0 Å². The van der Waals surface area contributed by atoms with Gasteiger partial charge in [0.15, 0.2) is 0 Å². The maximum absolute atomic E-state index is 12.6. The number of carbonyl (C=O) groups excluding carboxylic acids is 1. The quantitative estimate of drug-likeness (QED) is 0.690. The van der Waals surface area contributed by atoms with Gasteiger partial charge in [0.05, 0.1) is 24.1 Å². The smallest absolute Gasteiger partial charge is 0.252 e. The van der Waals surface area contributed by atoms with E-state index in [9.17, 15) is 13.2 Å². The number of halogens is 1. The highest BCUT2D eigenvalue weighted by Gasteiger charge is 2.39. The first-order valence-electron chi connectivity index (χ1n) is 9.65. The highest BCUT2D eigenvalue weighted by molar-refractivity contribution is 7.91. The second-order valence-electron chi connectivity index (χ2n) is 7.48. The van der Waals surface area contributed by atoms with Gasteiger partial charge in [-0.2, -0.15) is 4.31 Å². The van der Waals surface area contributed by atoms with E-state index < -0.39 is 10.0 Å². The summed E-state index contributed by atoms with van der Waals surface area (Å²) in [5.74, 6) is -0.285. The zero-order valence-electron chi connectivity index (χ0n) is 16.2. The standard InChI is InChI=1S/C18H28ClN3O4S2/c1-21(28(24,25)17-6-5-15(19)27-17)13-16(23)20-14-18(7-3-2-4-8-18)22-9-11-26-12-10-22/h5-6H,2-4,7-14H2,1H3,(H,20,23). The van der Waals surface area contributed by atoms with Gasteiger partial charge in [0, 0.05) is 32.2 Å². The SMILES string of the molecule is CN(CC(=O)NCC1(N2CCOCC2)CCCCC1)S(=O)(=O)c1ccc(Cl)s1. The Hall–Kier alpha value is -0.710. The minimum atomic E-state index is -3.71. The average molecular weight is 450 g/mol. The van der Waals surface area contributed by atoms with Gasteiger partial charge in [0.25, 0.3) is 10.0 Å². The molecule has 3 rings (SSSR count). The summed E-state index contributed by atoms with van der Waals surface area (Å²) in [4.78, 5) is 15.0. The summed E-state index contributed by atoms with van der Waals surface area (Å²) in [6.45, 7) is 3.54. The van der Waals surface area contributed by atoms with E-state index in [0.717, 1.165) is 67.6 Å². The van der Waals surface area contributed by atoms with E-state index >= 15 is 0 Å². The number of nitrogens with zero attached hydrogens (tertiary/aromatic N) is 2. The molecular formula is C18H28ClN3O4S2. The number of sulfonamides is 1. The van der Waals surface area contributed by atoms with Crippen LogP contribution in [0.2, 0.25) is 4.34 Å². The molecule has 1 amide bonds. The average Bonchev–Trinajstić information content (AvgIpc) is 3.15. The van der Waals surface area contributed by atoms with Crippen molar-refractivity contribution in [1.29, 1.82) is 0 Å². The number of morpholine rings is 1. The number of thiophene rings is 1. The van der Waals surface area contributed by atoms with Gasteiger partial charge in [-0.15, -0.1) is 11.3 Å². The maximum Gasteiger partial charge on any atom is 0.252 e. The molecule has 1 N–H and O–H groups in total. The summed E-state index contributed by atoms with van der Waals surface area (Å²) in [5, 5.41) is 3.00. The fourth-order valence-corrected chi connectivity index (χ4v) is 6.87. The molecule has 1 saturated carbocycles. The molecule has 2 aliphatic rings. The lowest BCUT2D eigenvalue weighted by Crippen LogP contribution is -2.60. The molecule has 1 aromatic rings. The van der Waals surface area contributed by atoms with Crippen LogP contribution in [0.5, 0.6) is 0 Å². The van der Waals surface area contributed by atoms with Gasteiger partial charge < -0.3 is 10.1 Å². The molecule has 2 fully saturated rings. The molecule has 7 nitrogen and oxygen atoms in total. The predicted octanol–water partition coefficient (Wildman–Crippen LogP) is 2.17. The van der Waals surface area contributed by atoms with Crippen LogP contribution < -0.4 is 5.32 Å². The normalized spacial score (nSPS) is 21.0. The summed E-state index contributed by atoms with van der Waals surface area (Å²) >= 11 is 6.83. The van der Waals surface area contributed by atoms with E-state index in [1.807, 2.05) is 0 Å². The van der Waals surface area contributed by atoms with Crippen molar-refractivity contribution in [3.63, 3.8) is 0 Å². The molecule has 0 spiro atoms. The molecule has 0 unspecified atom stereocenters. The Morgan fingerprint density at radius 3 is 2.57 bits per heavy atom. The Balaban J connectivity index is 1.60. The summed E-state index contributed by atoms with van der Waals surface area (Å²) in [5.41, 5.74) is -0.0452. The third kappa shape index (κ3) is 5.06. The minimum Gasteiger partial charge on any atom is -0.379 e. The van der Waals surface area contributed by atoms with Gasteiger partial charge in [0.2, 0.25) is 5.91 Å². The molecule has 0 bridgehead atoms. The van der Waals surface area contributed by atoms with Gasteiger partial charge in [-0.1, -0.05) is 30.9 Å². The fraction of sp³-hybridized carbons (Fsp3) is 0.722. The second-order valence-corrected chi connectivity index (χ2v) is 11.5. The number of hydrogen-bond donors (Lipinski definition) is 1. The van der Waals surface area contributed by atoms with Crippen LogP contribution >= 0.6 is 22.9 Å². The largest absolute Gasteiger partial charge is 0.379 e. The van der Waals surface area contributed by atoms with E-state index in [4.69, 9.17) is 16.3 Å². The third-order valence-electron chi connectivity index (χ3n) is 5.66. The van der Waals surface area contributed by atoms with E-state index in [-0.39, 0.29) is 22.2 Å². The van der Waals surface area contributed by atoms with Gasteiger partial charge in [-0.05, 0) is 25.0 Å². The summed E-state index contributed by atoms with van der Waals surface area (Å²) in [6, 6.07) is 3.01. The van der Waals surface area contributed by atoms with Crippen LogP contribution in [-0.4, -0.2) is 75.5 Å². The van der Waals surface area contributed by atoms with Crippen LogP contribution in [0.15, 0.2) is 16.3 Å². The van der Waals surface area contributed by atoms with Crippen molar-refractivity contribution >= 4 is 38.9 Å². The summed E-state index contributed by atoms with van der Waals surface area (Å²) in [6.07, 6.45) is 5.63. The lowest BCUT2D eigenvalue weighted by atomic mass is 9.79. The Morgan fingerprint density at radius 1 is 1.29 bits per heavy atom. The van der Waals surface area contributed by atoms with Crippen LogP contribution in [0.1, 0.15) is 32.1 Å². The fourth-order valence-electron chi connectivity index (χ4n) is 4.05. The first kappa shape index (κ1) is 22.0. The molecule has 1 saturated heterocycles. The van der Waals surface area contributed by atoms with Crippen molar-refractivity contribution in [1.82, 2.24) is 14.5 Å². The van der Waals surface area contributed by atoms with Crippen LogP contribution in [0.3, 0.4) is 0 Å². The van der Waals surface area contributed by atoms with Crippen LogP contribution in [-0.2, 0) is 19.6 Å². The Labute approximate surface area is 176 Å².